The summed E-state index contributed by atoms with van der Waals surface area (Å²) in [6, 6.07) is 26.5. The van der Waals surface area contributed by atoms with E-state index in [2.05, 4.69) is 164 Å². The van der Waals surface area contributed by atoms with Crippen LogP contribution in [0.25, 0.3) is 21.5 Å². The van der Waals surface area contributed by atoms with Crippen molar-refractivity contribution >= 4 is 27.2 Å². The number of allylic oxidation sites excluding steroid dienone is 8. The molecule has 1 heterocycles. The summed E-state index contributed by atoms with van der Waals surface area (Å²) in [7, 11) is 2.19. The second-order valence-corrected chi connectivity index (χ2v) is 12.2. The second kappa shape index (κ2) is 10.0. The number of anilines is 1. The molecule has 4 aromatic carbocycles. The van der Waals surface area contributed by atoms with Gasteiger partial charge in [-0.05, 0) is 76.7 Å². The van der Waals surface area contributed by atoms with Gasteiger partial charge in [-0.1, -0.05) is 124 Å². The van der Waals surface area contributed by atoms with Gasteiger partial charge in [-0.25, -0.2) is 0 Å². The van der Waals surface area contributed by atoms with Crippen LogP contribution in [0, 0.1) is 6.92 Å². The summed E-state index contributed by atoms with van der Waals surface area (Å²) in [5, 5.41) is 5.29. The molecule has 0 saturated carbocycles. The highest BCUT2D eigenvalue weighted by atomic mass is 15.2. The van der Waals surface area contributed by atoms with Crippen molar-refractivity contribution in [2.45, 2.75) is 59.3 Å². The molecule has 0 bridgehead atoms. The molecule has 4 aromatic rings. The molecule has 0 radical (unpaired) electrons. The fourth-order valence-electron chi connectivity index (χ4n) is 6.90. The van der Waals surface area contributed by atoms with Crippen LogP contribution in [0.15, 0.2) is 120 Å². The van der Waals surface area contributed by atoms with Crippen molar-refractivity contribution in [3.63, 3.8) is 0 Å². The summed E-state index contributed by atoms with van der Waals surface area (Å²) in [5.74, 6) is 0. The average molecular weight is 512 g/mol. The SMILES string of the molecule is CC(C)=C(/C=C/C=C/C=C1\N(C)c2ccc3ccccc3c2C1(C)C)C(C)(C)c1c(C)ccc2ccccc12. The van der Waals surface area contributed by atoms with E-state index in [1.54, 1.807) is 0 Å². The first-order valence-electron chi connectivity index (χ1n) is 14.0. The maximum Gasteiger partial charge on any atom is 0.0454 e. The van der Waals surface area contributed by atoms with Crippen LogP contribution in [0.1, 0.15) is 58.2 Å². The van der Waals surface area contributed by atoms with Crippen molar-refractivity contribution in [2.24, 2.45) is 0 Å². The molecule has 0 aromatic heterocycles. The molecular weight excluding hydrogens is 470 g/mol. The molecule has 1 aliphatic heterocycles. The van der Waals surface area contributed by atoms with Crippen molar-refractivity contribution in [3.8, 4) is 0 Å². The lowest BCUT2D eigenvalue weighted by Crippen LogP contribution is -2.22. The smallest absolute Gasteiger partial charge is 0.0454 e. The number of hydrogen-bond donors (Lipinski definition) is 0. The molecule has 0 spiro atoms. The minimum Gasteiger partial charge on any atom is -0.347 e. The number of benzene rings is 4. The Morgan fingerprint density at radius 3 is 2.08 bits per heavy atom. The van der Waals surface area contributed by atoms with Crippen LogP contribution in [0.2, 0.25) is 0 Å². The first kappa shape index (κ1) is 26.8. The molecule has 39 heavy (non-hydrogen) atoms. The predicted octanol–water partition coefficient (Wildman–Crippen LogP) is 10.3. The van der Waals surface area contributed by atoms with E-state index in [-0.39, 0.29) is 10.8 Å². The van der Waals surface area contributed by atoms with Gasteiger partial charge >= 0.3 is 0 Å². The number of likely N-dealkylation sites (N-methyl/N-ethyl adjacent to an activating group) is 1. The van der Waals surface area contributed by atoms with Gasteiger partial charge in [-0.3, -0.25) is 0 Å². The molecule has 5 rings (SSSR count). The van der Waals surface area contributed by atoms with E-state index < -0.39 is 0 Å². The second-order valence-electron chi connectivity index (χ2n) is 12.2. The third-order valence-corrected chi connectivity index (χ3v) is 8.61. The molecule has 1 aliphatic rings. The van der Waals surface area contributed by atoms with E-state index in [1.807, 2.05) is 0 Å². The van der Waals surface area contributed by atoms with E-state index >= 15 is 0 Å². The molecule has 0 saturated heterocycles. The molecule has 0 N–H and O–H groups in total. The maximum absolute atomic E-state index is 2.36. The van der Waals surface area contributed by atoms with Gasteiger partial charge in [-0.2, -0.15) is 0 Å². The number of nitrogens with zero attached hydrogens (tertiary/aromatic N) is 1. The van der Waals surface area contributed by atoms with Crippen molar-refractivity contribution in [1.82, 2.24) is 0 Å². The zero-order valence-electron chi connectivity index (χ0n) is 24.8. The number of fused-ring (bicyclic) bond motifs is 4. The predicted molar refractivity (Wildman–Crippen MR) is 172 cm³/mol. The van der Waals surface area contributed by atoms with Gasteiger partial charge in [0.25, 0.3) is 0 Å². The Hall–Kier alpha value is -3.84. The Morgan fingerprint density at radius 2 is 1.38 bits per heavy atom. The molecule has 198 valence electrons. The van der Waals surface area contributed by atoms with E-state index in [9.17, 15) is 0 Å². The summed E-state index contributed by atoms with van der Waals surface area (Å²) in [6.45, 7) is 16.1. The van der Waals surface area contributed by atoms with Gasteiger partial charge in [0.05, 0.1) is 0 Å². The topological polar surface area (TPSA) is 3.24 Å². The highest BCUT2D eigenvalue weighted by molar-refractivity contribution is 5.94. The Labute approximate surface area is 234 Å². The molecule has 1 nitrogen and oxygen atoms in total. The van der Waals surface area contributed by atoms with Gasteiger partial charge < -0.3 is 4.90 Å². The van der Waals surface area contributed by atoms with Crippen LogP contribution < -0.4 is 4.90 Å². The van der Waals surface area contributed by atoms with Crippen molar-refractivity contribution in [2.75, 3.05) is 11.9 Å². The maximum atomic E-state index is 2.36. The number of rotatable bonds is 5. The molecule has 0 aliphatic carbocycles. The van der Waals surface area contributed by atoms with Gasteiger partial charge in [0.2, 0.25) is 0 Å². The Morgan fingerprint density at radius 1 is 0.769 bits per heavy atom. The summed E-state index contributed by atoms with van der Waals surface area (Å²) < 4.78 is 0. The lowest BCUT2D eigenvalue weighted by Gasteiger charge is -2.31. The van der Waals surface area contributed by atoms with Crippen molar-refractivity contribution in [3.05, 3.63) is 137 Å². The Kier molecular flexibility index (Phi) is 6.89. The van der Waals surface area contributed by atoms with Crippen LogP contribution in [0.3, 0.4) is 0 Å². The lowest BCUT2D eigenvalue weighted by molar-refractivity contribution is 0.634. The minimum absolute atomic E-state index is 0.0715. The first-order valence-corrected chi connectivity index (χ1v) is 14.0. The van der Waals surface area contributed by atoms with E-state index in [4.69, 9.17) is 0 Å². The van der Waals surface area contributed by atoms with Crippen LogP contribution in [-0.4, -0.2) is 7.05 Å². The van der Waals surface area contributed by atoms with Crippen molar-refractivity contribution < 1.29 is 0 Å². The average Bonchev–Trinajstić information content (AvgIpc) is 3.10. The first-order chi connectivity index (χ1) is 18.5. The third-order valence-electron chi connectivity index (χ3n) is 8.61. The fourth-order valence-corrected chi connectivity index (χ4v) is 6.90. The van der Waals surface area contributed by atoms with Gasteiger partial charge in [0.15, 0.2) is 0 Å². The van der Waals surface area contributed by atoms with Gasteiger partial charge in [0.1, 0.15) is 0 Å². The minimum atomic E-state index is -0.122. The largest absolute Gasteiger partial charge is 0.347 e. The lowest BCUT2D eigenvalue weighted by atomic mass is 9.72. The summed E-state index contributed by atoms with van der Waals surface area (Å²) >= 11 is 0. The fraction of sp³-hybridized carbons (Fsp3) is 0.263. The normalized spacial score (nSPS) is 16.2. The number of aryl methyl sites for hydroxylation is 1. The van der Waals surface area contributed by atoms with Crippen molar-refractivity contribution in [1.29, 1.82) is 0 Å². The Bertz CT molecular complexity index is 1680. The van der Waals surface area contributed by atoms with Crippen LogP contribution in [0.4, 0.5) is 5.69 Å². The quantitative estimate of drug-likeness (QED) is 0.241. The molecule has 1 heteroatoms. The van der Waals surface area contributed by atoms with E-state index in [1.165, 1.54) is 60.8 Å². The van der Waals surface area contributed by atoms with Crippen LogP contribution >= 0.6 is 0 Å². The monoisotopic (exact) mass is 511 g/mol. The van der Waals surface area contributed by atoms with Crippen LogP contribution in [-0.2, 0) is 10.8 Å². The summed E-state index contributed by atoms with van der Waals surface area (Å²) in [6.07, 6.45) is 11.1. The van der Waals surface area contributed by atoms with E-state index in [0.717, 1.165) is 0 Å². The molecular formula is C38H41N. The third kappa shape index (κ3) is 4.55. The van der Waals surface area contributed by atoms with E-state index in [0.29, 0.717) is 0 Å². The van der Waals surface area contributed by atoms with Gasteiger partial charge in [0, 0.05) is 29.3 Å². The highest BCUT2D eigenvalue weighted by Crippen LogP contribution is 2.50. The number of hydrogen-bond acceptors (Lipinski definition) is 1. The standard InChI is InChI=1S/C38H41N/c1-26(2)32(37(4,5)35-27(3)22-23-28-16-12-14-18-30(28)35)20-10-9-11-21-34-38(6,7)36-31-19-15-13-17-29(31)24-25-33(36)39(34)8/h9-25H,1-8H3/b11-9+,20-10+,34-21-. The summed E-state index contributed by atoms with van der Waals surface area (Å²) in [5.41, 5.74) is 9.28. The molecule has 0 atom stereocenters. The zero-order valence-corrected chi connectivity index (χ0v) is 24.8. The Balaban J connectivity index is 1.45. The zero-order chi connectivity index (χ0) is 27.9. The van der Waals surface area contributed by atoms with Gasteiger partial charge in [-0.15, -0.1) is 0 Å². The molecule has 0 amide bonds. The molecule has 0 fully saturated rings. The molecule has 0 unspecified atom stereocenters. The summed E-state index contributed by atoms with van der Waals surface area (Å²) in [4.78, 5) is 2.35. The highest BCUT2D eigenvalue weighted by Gasteiger charge is 2.39. The van der Waals surface area contributed by atoms with Crippen LogP contribution in [0.5, 0.6) is 0 Å².